The minimum Gasteiger partial charge on any atom is -0.390 e. The molecule has 6 nitrogen and oxygen atoms in total. The molecule has 0 saturated heterocycles. The van der Waals surface area contributed by atoms with E-state index in [1.54, 1.807) is 32.0 Å². The van der Waals surface area contributed by atoms with Gasteiger partial charge in [-0.2, -0.15) is 13.2 Å². The normalized spacial score (nSPS) is 27.7. The van der Waals surface area contributed by atoms with Crippen molar-refractivity contribution in [1.29, 1.82) is 0 Å². The topological polar surface area (TPSA) is 91.0 Å². The zero-order valence-corrected chi connectivity index (χ0v) is 18.8. The van der Waals surface area contributed by atoms with Crippen LogP contribution in [-0.4, -0.2) is 33.5 Å². The fraction of sp³-hybridized carbons (Fsp3) is 0.391. The van der Waals surface area contributed by atoms with Gasteiger partial charge >= 0.3 is 6.18 Å². The predicted octanol–water partition coefficient (Wildman–Crippen LogP) is 4.78. The number of rotatable bonds is 4. The van der Waals surface area contributed by atoms with Gasteiger partial charge in [-0.25, -0.2) is 4.99 Å². The predicted molar refractivity (Wildman–Crippen MR) is 120 cm³/mol. The number of guanidine groups is 1. The Morgan fingerprint density at radius 2 is 1.82 bits per heavy atom. The molecule has 2 aromatic rings. The molecule has 1 saturated carbocycles. The Labute approximate surface area is 194 Å². The number of hydrogen-bond acceptors (Lipinski definition) is 5. The van der Waals surface area contributed by atoms with Gasteiger partial charge in [-0.3, -0.25) is 9.69 Å². The summed E-state index contributed by atoms with van der Waals surface area (Å²) >= 11 is 6.65. The summed E-state index contributed by atoms with van der Waals surface area (Å²) in [6, 6.07) is 9.57. The van der Waals surface area contributed by atoms with Gasteiger partial charge in [-0.1, -0.05) is 23.7 Å². The van der Waals surface area contributed by atoms with Crippen molar-refractivity contribution >= 4 is 34.8 Å². The molecule has 1 heterocycles. The second kappa shape index (κ2) is 7.92. The summed E-state index contributed by atoms with van der Waals surface area (Å²) in [6.07, 6.45) is -3.52. The zero-order chi connectivity index (χ0) is 24.2. The van der Waals surface area contributed by atoms with Gasteiger partial charge in [0.2, 0.25) is 5.91 Å². The first-order valence-electron chi connectivity index (χ1n) is 10.4. The van der Waals surface area contributed by atoms with Crippen LogP contribution < -0.4 is 11.1 Å². The van der Waals surface area contributed by atoms with Crippen LogP contribution in [-0.2, 0) is 16.5 Å². The second-order valence-corrected chi connectivity index (χ2v) is 9.49. The Kier molecular flexibility index (Phi) is 5.61. The second-order valence-electron chi connectivity index (χ2n) is 9.11. The van der Waals surface area contributed by atoms with Gasteiger partial charge in [0.1, 0.15) is 0 Å². The molecule has 10 heteroatoms. The lowest BCUT2D eigenvalue weighted by Gasteiger charge is -2.48. The lowest BCUT2D eigenvalue weighted by atomic mass is 9.75. The Bertz CT molecular complexity index is 1110. The van der Waals surface area contributed by atoms with Crippen LogP contribution in [0.1, 0.15) is 44.2 Å². The summed E-state index contributed by atoms with van der Waals surface area (Å²) in [6.45, 7) is 3.47. The standard InChI is InChI=1S/C23H24ClF3N4O2/c1-21(33)10-15(11-21)31-18(32)12-22(2,30-20(31)28)16-4-3-5-17(19(16)24)29-14-8-6-13(7-9-14)23(25,26)27/h3-9,15,29,33H,10-12H2,1-2H3,(H2,28,30)/t15?,21?,22-/m0/s1. The highest BCUT2D eigenvalue weighted by Crippen LogP contribution is 2.43. The third kappa shape index (κ3) is 4.52. The fourth-order valence-corrected chi connectivity index (χ4v) is 4.86. The van der Waals surface area contributed by atoms with Crippen molar-refractivity contribution in [1.82, 2.24) is 4.90 Å². The van der Waals surface area contributed by atoms with E-state index in [1.807, 2.05) is 0 Å². The Morgan fingerprint density at radius 3 is 2.36 bits per heavy atom. The summed E-state index contributed by atoms with van der Waals surface area (Å²) in [5, 5.41) is 13.3. The van der Waals surface area contributed by atoms with E-state index in [2.05, 4.69) is 10.3 Å². The Morgan fingerprint density at radius 1 is 1.18 bits per heavy atom. The maximum Gasteiger partial charge on any atom is 0.416 e. The highest BCUT2D eigenvalue weighted by Gasteiger charge is 2.48. The van der Waals surface area contributed by atoms with Gasteiger partial charge in [0, 0.05) is 17.3 Å². The molecule has 33 heavy (non-hydrogen) atoms. The molecule has 1 fully saturated rings. The zero-order valence-electron chi connectivity index (χ0n) is 18.1. The number of alkyl halides is 3. The average molecular weight is 481 g/mol. The SMILES string of the molecule is CC1(O)CC(N2C(=O)C[C@@](C)(c3cccc(Nc4ccc(C(F)(F)F)cc4)c3Cl)N=C2N)C1. The molecule has 1 aliphatic heterocycles. The van der Waals surface area contributed by atoms with Crippen molar-refractivity contribution in [2.75, 3.05) is 5.32 Å². The number of carbonyl (C=O) groups excluding carboxylic acids is 1. The molecule has 2 aromatic carbocycles. The molecule has 1 atom stereocenters. The highest BCUT2D eigenvalue weighted by atomic mass is 35.5. The molecule has 1 amide bonds. The third-order valence-electron chi connectivity index (χ3n) is 6.16. The van der Waals surface area contributed by atoms with Crippen molar-refractivity contribution < 1.29 is 23.1 Å². The van der Waals surface area contributed by atoms with Crippen molar-refractivity contribution in [3.05, 3.63) is 58.6 Å². The molecule has 4 N–H and O–H groups in total. The Hall–Kier alpha value is -2.78. The van der Waals surface area contributed by atoms with E-state index >= 15 is 0 Å². The maximum atomic E-state index is 13.0. The molecule has 2 aliphatic rings. The molecular formula is C23H24ClF3N4O2. The van der Waals surface area contributed by atoms with E-state index in [4.69, 9.17) is 17.3 Å². The smallest absolute Gasteiger partial charge is 0.390 e. The van der Waals surface area contributed by atoms with E-state index in [0.29, 0.717) is 34.8 Å². The highest BCUT2D eigenvalue weighted by molar-refractivity contribution is 6.34. The first-order valence-corrected chi connectivity index (χ1v) is 10.8. The maximum absolute atomic E-state index is 13.0. The molecule has 0 bridgehead atoms. The number of nitrogens with one attached hydrogen (secondary N) is 1. The number of halogens is 4. The number of hydrogen-bond donors (Lipinski definition) is 3. The first-order chi connectivity index (χ1) is 15.3. The lowest BCUT2D eigenvalue weighted by Crippen LogP contribution is -2.61. The van der Waals surface area contributed by atoms with Gasteiger partial charge in [0.25, 0.3) is 0 Å². The van der Waals surface area contributed by atoms with Gasteiger partial charge in [-0.05, 0) is 57.0 Å². The number of anilines is 2. The van der Waals surface area contributed by atoms with Crippen LogP contribution >= 0.6 is 11.6 Å². The van der Waals surface area contributed by atoms with E-state index < -0.39 is 22.9 Å². The minimum atomic E-state index is -4.42. The van der Waals surface area contributed by atoms with Crippen LogP contribution in [0.2, 0.25) is 5.02 Å². The number of carbonyl (C=O) groups is 1. The summed E-state index contributed by atoms with van der Waals surface area (Å²) in [4.78, 5) is 19.0. The van der Waals surface area contributed by atoms with Gasteiger partial charge < -0.3 is 16.2 Å². The summed E-state index contributed by atoms with van der Waals surface area (Å²) in [5.41, 5.74) is 5.05. The molecule has 1 aliphatic carbocycles. The average Bonchev–Trinajstić information content (AvgIpc) is 2.67. The monoisotopic (exact) mass is 480 g/mol. The minimum absolute atomic E-state index is 0.0375. The Balaban J connectivity index is 1.59. The summed E-state index contributed by atoms with van der Waals surface area (Å²) in [7, 11) is 0. The number of nitrogens with two attached hydrogens (primary N) is 1. The largest absolute Gasteiger partial charge is 0.416 e. The van der Waals surface area contributed by atoms with Crippen molar-refractivity contribution in [3.63, 3.8) is 0 Å². The summed E-state index contributed by atoms with van der Waals surface area (Å²) in [5.74, 6) is -0.130. The number of amides is 1. The van der Waals surface area contributed by atoms with Crippen LogP contribution in [0.25, 0.3) is 0 Å². The molecule has 0 aromatic heterocycles. The molecule has 4 rings (SSSR count). The molecule has 0 radical (unpaired) electrons. The van der Waals surface area contributed by atoms with Crippen LogP contribution in [0, 0.1) is 0 Å². The molecule has 0 spiro atoms. The van der Waals surface area contributed by atoms with Crippen molar-refractivity contribution in [2.24, 2.45) is 10.7 Å². The van der Waals surface area contributed by atoms with E-state index in [9.17, 15) is 23.1 Å². The van der Waals surface area contributed by atoms with Gasteiger partial charge in [0.05, 0.1) is 33.8 Å². The number of benzene rings is 2. The first kappa shape index (κ1) is 23.4. The fourth-order valence-electron chi connectivity index (χ4n) is 4.48. The number of aliphatic hydroxyl groups is 1. The number of aliphatic imine (C=N–C) groups is 1. The number of nitrogens with zero attached hydrogens (tertiary/aromatic N) is 2. The van der Waals surface area contributed by atoms with E-state index in [1.165, 1.54) is 17.0 Å². The molecular weight excluding hydrogens is 457 g/mol. The van der Waals surface area contributed by atoms with Gasteiger partial charge in [0.15, 0.2) is 5.96 Å². The van der Waals surface area contributed by atoms with Crippen LogP contribution in [0.15, 0.2) is 47.5 Å². The third-order valence-corrected chi connectivity index (χ3v) is 6.57. The van der Waals surface area contributed by atoms with E-state index in [0.717, 1.165) is 12.1 Å². The van der Waals surface area contributed by atoms with Crippen molar-refractivity contribution in [3.8, 4) is 0 Å². The van der Waals surface area contributed by atoms with Crippen molar-refractivity contribution in [2.45, 2.75) is 56.5 Å². The van der Waals surface area contributed by atoms with Crippen LogP contribution in [0.3, 0.4) is 0 Å². The van der Waals surface area contributed by atoms with Crippen LogP contribution in [0.5, 0.6) is 0 Å². The van der Waals surface area contributed by atoms with E-state index in [-0.39, 0.29) is 24.3 Å². The van der Waals surface area contributed by atoms with Crippen LogP contribution in [0.4, 0.5) is 24.5 Å². The summed E-state index contributed by atoms with van der Waals surface area (Å²) < 4.78 is 38.4. The molecule has 176 valence electrons. The molecule has 0 unspecified atom stereocenters. The quantitative estimate of drug-likeness (QED) is 0.587. The lowest BCUT2D eigenvalue weighted by molar-refractivity contribution is -0.139. The van der Waals surface area contributed by atoms with Gasteiger partial charge in [-0.15, -0.1) is 0 Å².